The maximum absolute atomic E-state index is 13.1. The van der Waals surface area contributed by atoms with Crippen LogP contribution in [0, 0.1) is 22.7 Å². The summed E-state index contributed by atoms with van der Waals surface area (Å²) in [5.41, 5.74) is -0.502. The molecule has 3 saturated heterocycles. The Morgan fingerprint density at radius 2 is 1.96 bits per heavy atom. The molecule has 2 bridgehead atoms. The zero-order valence-electron chi connectivity index (χ0n) is 15.6. The Kier molecular flexibility index (Phi) is 4.22. The van der Waals surface area contributed by atoms with Crippen molar-refractivity contribution >= 4 is 11.9 Å². The molecule has 3 aliphatic rings. The normalized spacial score (nSPS) is 36.8. The molecule has 0 amide bonds. The molecule has 24 heavy (non-hydrogen) atoms. The van der Waals surface area contributed by atoms with Crippen LogP contribution in [0.25, 0.3) is 0 Å². The van der Waals surface area contributed by atoms with Crippen LogP contribution in [0.5, 0.6) is 0 Å². The number of ether oxygens (including phenoxy) is 3. The second-order valence-corrected chi connectivity index (χ2v) is 9.02. The SMILES string of the molecule is CCC(C)(C)CC(C)(C(=O)OC1C2CC3C(=O)OC1C3O2)C(C)C. The van der Waals surface area contributed by atoms with Crippen molar-refractivity contribution in [1.29, 1.82) is 0 Å². The second-order valence-electron chi connectivity index (χ2n) is 9.02. The molecule has 0 spiro atoms. The summed E-state index contributed by atoms with van der Waals surface area (Å²) in [6.07, 6.45) is 1.09. The highest BCUT2D eigenvalue weighted by Gasteiger charge is 2.65. The van der Waals surface area contributed by atoms with E-state index in [4.69, 9.17) is 14.2 Å². The van der Waals surface area contributed by atoms with Crippen molar-refractivity contribution in [2.24, 2.45) is 22.7 Å². The first kappa shape index (κ1) is 17.7. The molecule has 5 heteroatoms. The van der Waals surface area contributed by atoms with Gasteiger partial charge in [-0.15, -0.1) is 0 Å². The summed E-state index contributed by atoms with van der Waals surface area (Å²) in [5, 5.41) is 0. The molecule has 0 aliphatic carbocycles. The van der Waals surface area contributed by atoms with Gasteiger partial charge in [0.2, 0.25) is 0 Å². The average Bonchev–Trinajstić information content (AvgIpc) is 3.11. The van der Waals surface area contributed by atoms with Crippen LogP contribution in [-0.2, 0) is 23.8 Å². The van der Waals surface area contributed by atoms with Crippen LogP contribution in [0.1, 0.15) is 60.8 Å². The van der Waals surface area contributed by atoms with E-state index in [0.29, 0.717) is 6.42 Å². The van der Waals surface area contributed by atoms with Crippen molar-refractivity contribution < 1.29 is 23.8 Å². The molecule has 0 saturated carbocycles. The summed E-state index contributed by atoms with van der Waals surface area (Å²) in [6, 6.07) is 0. The summed E-state index contributed by atoms with van der Waals surface area (Å²) in [4.78, 5) is 24.9. The van der Waals surface area contributed by atoms with E-state index in [2.05, 4.69) is 34.6 Å². The fourth-order valence-corrected chi connectivity index (χ4v) is 4.27. The number of rotatable bonds is 6. The molecule has 3 rings (SSSR count). The Hall–Kier alpha value is -1.10. The molecular formula is C19H30O5. The molecule has 3 fully saturated rings. The van der Waals surface area contributed by atoms with Gasteiger partial charge in [0.1, 0.15) is 6.10 Å². The van der Waals surface area contributed by atoms with Gasteiger partial charge in [-0.1, -0.05) is 41.0 Å². The first-order valence-electron chi connectivity index (χ1n) is 9.16. The van der Waals surface area contributed by atoms with Gasteiger partial charge in [0.05, 0.1) is 17.4 Å². The van der Waals surface area contributed by atoms with Crippen molar-refractivity contribution in [1.82, 2.24) is 0 Å². The van der Waals surface area contributed by atoms with Gasteiger partial charge in [0.25, 0.3) is 0 Å². The minimum Gasteiger partial charge on any atom is -0.455 e. The van der Waals surface area contributed by atoms with Gasteiger partial charge in [-0.25, -0.2) is 0 Å². The highest BCUT2D eigenvalue weighted by atomic mass is 16.7. The molecule has 3 aliphatic heterocycles. The summed E-state index contributed by atoms with van der Waals surface area (Å²) in [6.45, 7) is 12.6. The van der Waals surface area contributed by atoms with Crippen molar-refractivity contribution in [3.63, 3.8) is 0 Å². The third kappa shape index (κ3) is 2.65. The van der Waals surface area contributed by atoms with Crippen molar-refractivity contribution in [2.75, 3.05) is 0 Å². The molecule has 0 aromatic rings. The van der Waals surface area contributed by atoms with Gasteiger partial charge >= 0.3 is 11.9 Å². The molecule has 6 unspecified atom stereocenters. The predicted molar refractivity (Wildman–Crippen MR) is 88.2 cm³/mol. The van der Waals surface area contributed by atoms with E-state index in [1.807, 2.05) is 6.92 Å². The topological polar surface area (TPSA) is 61.8 Å². The monoisotopic (exact) mass is 338 g/mol. The highest BCUT2D eigenvalue weighted by Crippen LogP contribution is 2.49. The van der Waals surface area contributed by atoms with Crippen molar-refractivity contribution in [3.05, 3.63) is 0 Å². The number of carbonyl (C=O) groups excluding carboxylic acids is 2. The van der Waals surface area contributed by atoms with Crippen molar-refractivity contribution in [2.45, 2.75) is 85.2 Å². The fourth-order valence-electron chi connectivity index (χ4n) is 4.27. The molecule has 136 valence electrons. The molecule has 5 nitrogen and oxygen atoms in total. The van der Waals surface area contributed by atoms with E-state index < -0.39 is 17.6 Å². The van der Waals surface area contributed by atoms with E-state index in [0.717, 1.165) is 12.8 Å². The maximum Gasteiger partial charge on any atom is 0.312 e. The van der Waals surface area contributed by atoms with Gasteiger partial charge in [0.15, 0.2) is 12.2 Å². The summed E-state index contributed by atoms with van der Waals surface area (Å²) < 4.78 is 17.1. The largest absolute Gasteiger partial charge is 0.455 e. The Morgan fingerprint density at radius 1 is 1.29 bits per heavy atom. The first-order chi connectivity index (χ1) is 11.1. The fraction of sp³-hybridized carbons (Fsp3) is 0.895. The molecule has 6 atom stereocenters. The Bertz CT molecular complexity index is 540. The standard InChI is InChI=1S/C19H30O5/c1-7-18(4,5)9-19(6,10(2)3)17(21)24-14-12-8-11-13(22-12)15(14)23-16(11)20/h10-15H,7-9H2,1-6H3. The minimum atomic E-state index is -0.566. The van der Waals surface area contributed by atoms with Crippen LogP contribution in [0.3, 0.4) is 0 Å². The van der Waals surface area contributed by atoms with Crippen LogP contribution >= 0.6 is 0 Å². The smallest absolute Gasteiger partial charge is 0.312 e. The lowest BCUT2D eigenvalue weighted by atomic mass is 9.67. The summed E-state index contributed by atoms with van der Waals surface area (Å²) >= 11 is 0. The lowest BCUT2D eigenvalue weighted by Crippen LogP contribution is -2.46. The molecule has 0 aromatic heterocycles. The van der Waals surface area contributed by atoms with Gasteiger partial charge in [-0.3, -0.25) is 9.59 Å². The van der Waals surface area contributed by atoms with Crippen LogP contribution < -0.4 is 0 Å². The number of hydrogen-bond acceptors (Lipinski definition) is 5. The molecule has 0 radical (unpaired) electrons. The zero-order chi connectivity index (χ0) is 17.9. The maximum atomic E-state index is 13.1. The van der Waals surface area contributed by atoms with Crippen molar-refractivity contribution in [3.8, 4) is 0 Å². The number of carbonyl (C=O) groups is 2. The van der Waals surface area contributed by atoms with Gasteiger partial charge in [-0.05, 0) is 31.1 Å². The predicted octanol–water partition coefficient (Wildman–Crippen LogP) is 3.10. The van der Waals surface area contributed by atoms with Crippen LogP contribution in [-0.4, -0.2) is 36.4 Å². The number of fused-ring (bicyclic) bond motifs is 1. The minimum absolute atomic E-state index is 0.0636. The number of hydrogen-bond donors (Lipinski definition) is 0. The quantitative estimate of drug-likeness (QED) is 0.697. The van der Waals surface area contributed by atoms with Gasteiger partial charge in [0, 0.05) is 0 Å². The second kappa shape index (κ2) is 5.72. The highest BCUT2D eigenvalue weighted by molar-refractivity contribution is 5.79. The third-order valence-corrected chi connectivity index (χ3v) is 6.57. The lowest BCUT2D eigenvalue weighted by Gasteiger charge is -2.39. The molecule has 0 aromatic carbocycles. The Balaban J connectivity index is 1.74. The Morgan fingerprint density at radius 3 is 2.54 bits per heavy atom. The van der Waals surface area contributed by atoms with E-state index in [1.54, 1.807) is 0 Å². The van der Waals surface area contributed by atoms with E-state index in [9.17, 15) is 9.59 Å². The number of esters is 2. The first-order valence-corrected chi connectivity index (χ1v) is 9.16. The average molecular weight is 338 g/mol. The zero-order valence-corrected chi connectivity index (χ0v) is 15.6. The molecule has 0 N–H and O–H groups in total. The van der Waals surface area contributed by atoms with Gasteiger partial charge < -0.3 is 14.2 Å². The summed E-state index contributed by atoms with van der Waals surface area (Å²) in [7, 11) is 0. The van der Waals surface area contributed by atoms with Crippen LogP contribution in [0.4, 0.5) is 0 Å². The molecule has 3 heterocycles. The van der Waals surface area contributed by atoms with Gasteiger partial charge in [-0.2, -0.15) is 0 Å². The molecular weight excluding hydrogens is 308 g/mol. The van der Waals surface area contributed by atoms with E-state index in [1.165, 1.54) is 0 Å². The van der Waals surface area contributed by atoms with Crippen LogP contribution in [0.2, 0.25) is 0 Å². The lowest BCUT2D eigenvalue weighted by molar-refractivity contribution is -0.174. The Labute approximate surface area is 144 Å². The summed E-state index contributed by atoms with van der Waals surface area (Å²) in [5.74, 6) is -0.399. The van der Waals surface area contributed by atoms with Crippen LogP contribution in [0.15, 0.2) is 0 Å². The third-order valence-electron chi connectivity index (χ3n) is 6.57. The van der Waals surface area contributed by atoms with E-state index in [-0.39, 0.29) is 41.4 Å². The van der Waals surface area contributed by atoms with E-state index >= 15 is 0 Å².